The summed E-state index contributed by atoms with van der Waals surface area (Å²) in [7, 11) is 0. The van der Waals surface area contributed by atoms with Gasteiger partial charge in [-0.05, 0) is 0 Å². The van der Waals surface area contributed by atoms with Gasteiger partial charge in [-0.15, -0.1) is 0 Å². The summed E-state index contributed by atoms with van der Waals surface area (Å²) in [6, 6.07) is 0. The van der Waals surface area contributed by atoms with Gasteiger partial charge in [-0.2, -0.15) is 5.10 Å². The number of nitrogens with one attached hydrogen (secondary N) is 2. The summed E-state index contributed by atoms with van der Waals surface area (Å²) < 4.78 is 0. The Labute approximate surface area is 71.7 Å². The minimum Gasteiger partial charge on any atom is -0.312 e. The molecule has 6 heteroatoms. The van der Waals surface area contributed by atoms with E-state index >= 15 is 0 Å². The van der Waals surface area contributed by atoms with Gasteiger partial charge in [-0.25, -0.2) is 4.98 Å². The quantitative estimate of drug-likeness (QED) is 0.570. The standard InChI is InChI=1S/C5H4N4O.Cu/c10-5-3-1-8-9-4(3)6-2-7-5;/h1-2H,(H2,6,7,8,9,10);/q;+2. The van der Waals surface area contributed by atoms with Crippen LogP contribution in [0.4, 0.5) is 0 Å². The Balaban J connectivity index is 0.000000605. The van der Waals surface area contributed by atoms with E-state index in [1.54, 1.807) is 0 Å². The van der Waals surface area contributed by atoms with Crippen molar-refractivity contribution in [1.82, 2.24) is 20.2 Å². The summed E-state index contributed by atoms with van der Waals surface area (Å²) in [4.78, 5) is 17.1. The maximum absolute atomic E-state index is 10.9. The summed E-state index contributed by atoms with van der Waals surface area (Å²) in [6.07, 6.45) is 2.78. The molecule has 0 unspecified atom stereocenters. The van der Waals surface area contributed by atoms with E-state index in [1.807, 2.05) is 0 Å². The van der Waals surface area contributed by atoms with Crippen molar-refractivity contribution >= 4 is 11.0 Å². The average Bonchev–Trinajstić information content (AvgIpc) is 2.36. The van der Waals surface area contributed by atoms with Gasteiger partial charge in [0, 0.05) is 0 Å². The van der Waals surface area contributed by atoms with E-state index < -0.39 is 0 Å². The molecule has 2 N–H and O–H groups in total. The number of H-pyrrole nitrogens is 2. The van der Waals surface area contributed by atoms with Crippen LogP contribution in [-0.4, -0.2) is 20.2 Å². The molecule has 2 aromatic heterocycles. The Morgan fingerprint density at radius 2 is 2.27 bits per heavy atom. The molecule has 1 radical (unpaired) electrons. The zero-order chi connectivity index (χ0) is 6.97. The second kappa shape index (κ2) is 2.86. The van der Waals surface area contributed by atoms with Gasteiger partial charge in [0.2, 0.25) is 0 Å². The number of aromatic amines is 2. The van der Waals surface area contributed by atoms with Crippen LogP contribution in [0.15, 0.2) is 17.3 Å². The Morgan fingerprint density at radius 3 is 3.00 bits per heavy atom. The van der Waals surface area contributed by atoms with Gasteiger partial charge < -0.3 is 4.98 Å². The van der Waals surface area contributed by atoms with Crippen LogP contribution in [0, 0.1) is 0 Å². The molecule has 2 heterocycles. The SMILES string of the molecule is O=c1[nH]cnc2[nH]ncc12.[Cu+2]. The fraction of sp³-hybridized carbons (Fsp3) is 0. The zero-order valence-corrected chi connectivity index (χ0v) is 6.20. The van der Waals surface area contributed by atoms with E-state index in [0.717, 1.165) is 0 Å². The van der Waals surface area contributed by atoms with E-state index in [-0.39, 0.29) is 22.6 Å². The van der Waals surface area contributed by atoms with Crippen molar-refractivity contribution in [3.63, 3.8) is 0 Å². The molecule has 11 heavy (non-hydrogen) atoms. The molecule has 5 nitrogen and oxygen atoms in total. The number of hydrogen-bond donors (Lipinski definition) is 2. The molecule has 2 aromatic rings. The Kier molecular flexibility index (Phi) is 2.07. The third-order valence-corrected chi connectivity index (χ3v) is 1.25. The van der Waals surface area contributed by atoms with E-state index in [9.17, 15) is 4.79 Å². The molecule has 0 fully saturated rings. The van der Waals surface area contributed by atoms with E-state index in [4.69, 9.17) is 0 Å². The second-order valence-electron chi connectivity index (χ2n) is 1.86. The summed E-state index contributed by atoms with van der Waals surface area (Å²) in [5.41, 5.74) is 0.350. The largest absolute Gasteiger partial charge is 2.00 e. The molecule has 0 aliphatic carbocycles. The van der Waals surface area contributed by atoms with Crippen LogP contribution in [0.3, 0.4) is 0 Å². The van der Waals surface area contributed by atoms with Crippen LogP contribution in [0.2, 0.25) is 0 Å². The summed E-state index contributed by atoms with van der Waals surface area (Å²) in [5.74, 6) is 0. The Bertz CT molecular complexity index is 406. The van der Waals surface area contributed by atoms with Gasteiger partial charge >= 0.3 is 17.1 Å². The third kappa shape index (κ3) is 1.18. The monoisotopic (exact) mass is 199 g/mol. The first kappa shape index (κ1) is 7.97. The summed E-state index contributed by atoms with van der Waals surface area (Å²) >= 11 is 0. The summed E-state index contributed by atoms with van der Waals surface area (Å²) in [5, 5.41) is 6.72. The molecule has 0 aromatic carbocycles. The first-order valence-corrected chi connectivity index (χ1v) is 2.75. The maximum Gasteiger partial charge on any atom is 2.00 e. The van der Waals surface area contributed by atoms with Crippen molar-refractivity contribution in [3.8, 4) is 0 Å². The fourth-order valence-electron chi connectivity index (χ4n) is 0.777. The topological polar surface area (TPSA) is 74.4 Å². The van der Waals surface area contributed by atoms with Crippen molar-refractivity contribution in [2.75, 3.05) is 0 Å². The van der Waals surface area contributed by atoms with Crippen molar-refractivity contribution in [2.45, 2.75) is 0 Å². The number of aromatic nitrogens is 4. The average molecular weight is 200 g/mol. The van der Waals surface area contributed by atoms with Crippen LogP contribution in [0.25, 0.3) is 11.0 Å². The molecule has 0 amide bonds. The first-order chi connectivity index (χ1) is 4.88. The van der Waals surface area contributed by atoms with E-state index in [0.29, 0.717) is 11.0 Å². The Hall–Kier alpha value is -1.13. The Morgan fingerprint density at radius 1 is 1.45 bits per heavy atom. The predicted octanol–water partition coefficient (Wildman–Crippen LogP) is -0.356. The maximum atomic E-state index is 10.9. The van der Waals surface area contributed by atoms with Gasteiger partial charge in [0.05, 0.1) is 12.5 Å². The molecule has 0 saturated carbocycles. The molecular formula is C5H4CuN4O+2. The van der Waals surface area contributed by atoms with Crippen LogP contribution in [0.5, 0.6) is 0 Å². The van der Waals surface area contributed by atoms with E-state index in [1.165, 1.54) is 12.5 Å². The van der Waals surface area contributed by atoms with Gasteiger partial charge in [0.1, 0.15) is 5.39 Å². The molecule has 2 rings (SSSR count). The number of rotatable bonds is 0. The number of nitrogens with zero attached hydrogens (tertiary/aromatic N) is 2. The molecule has 59 valence electrons. The first-order valence-electron chi connectivity index (χ1n) is 2.75. The molecule has 0 bridgehead atoms. The molecular weight excluding hydrogens is 196 g/mol. The minimum absolute atomic E-state index is 0. The van der Waals surface area contributed by atoms with Gasteiger partial charge in [0.25, 0.3) is 5.56 Å². The van der Waals surface area contributed by atoms with Crippen molar-refractivity contribution < 1.29 is 17.1 Å². The second-order valence-corrected chi connectivity index (χ2v) is 1.86. The molecule has 0 atom stereocenters. The van der Waals surface area contributed by atoms with Gasteiger partial charge in [-0.1, -0.05) is 0 Å². The van der Waals surface area contributed by atoms with Crippen LogP contribution in [0.1, 0.15) is 0 Å². The molecule has 0 saturated heterocycles. The molecule has 0 aliphatic heterocycles. The van der Waals surface area contributed by atoms with Gasteiger partial charge in [0.15, 0.2) is 5.65 Å². The minimum atomic E-state index is -0.168. The molecule has 0 spiro atoms. The zero-order valence-electron chi connectivity index (χ0n) is 5.26. The third-order valence-electron chi connectivity index (χ3n) is 1.25. The summed E-state index contributed by atoms with van der Waals surface area (Å²) in [6.45, 7) is 0. The smallest absolute Gasteiger partial charge is 0.312 e. The normalized spacial score (nSPS) is 9.45. The van der Waals surface area contributed by atoms with Gasteiger partial charge in [-0.3, -0.25) is 9.89 Å². The van der Waals surface area contributed by atoms with Crippen LogP contribution < -0.4 is 5.56 Å². The van der Waals surface area contributed by atoms with Crippen molar-refractivity contribution in [1.29, 1.82) is 0 Å². The number of fused-ring (bicyclic) bond motifs is 1. The fourth-order valence-corrected chi connectivity index (χ4v) is 0.777. The van der Waals surface area contributed by atoms with Crippen molar-refractivity contribution in [2.24, 2.45) is 0 Å². The predicted molar refractivity (Wildman–Crippen MR) is 34.5 cm³/mol. The van der Waals surface area contributed by atoms with Crippen molar-refractivity contribution in [3.05, 3.63) is 22.9 Å². The van der Waals surface area contributed by atoms with Crippen LogP contribution >= 0.6 is 0 Å². The van der Waals surface area contributed by atoms with E-state index in [2.05, 4.69) is 20.2 Å². The molecule has 0 aliphatic rings. The van der Waals surface area contributed by atoms with Crippen LogP contribution in [-0.2, 0) is 17.1 Å². The number of hydrogen-bond acceptors (Lipinski definition) is 3.